The summed E-state index contributed by atoms with van der Waals surface area (Å²) in [6.45, 7) is 0.178. The quantitative estimate of drug-likeness (QED) is 0.428. The molecule has 0 amide bonds. The Kier molecular flexibility index (Phi) is 5.31. The molecular formula is C23H18NO4S-. The van der Waals surface area contributed by atoms with Crippen LogP contribution in [-0.2, 0) is 17.8 Å². The average molecular weight is 404 g/mol. The minimum Gasteiger partial charge on any atom is -0.760 e. The maximum Gasteiger partial charge on any atom is 0.124 e. The standard InChI is InChI=1S/C23H19NO4S/c25-20-6-2-4-16(13-20)17-7-9-21-18(12-17)8-10-22(26)23(21)19-5-1-3-15(11-19)14-24-29(27)28/h1-13,24-26H,14H2,(H,27,28)/p-1. The van der Waals surface area contributed by atoms with Gasteiger partial charge in [0.15, 0.2) is 0 Å². The van der Waals surface area contributed by atoms with Crippen molar-refractivity contribution < 1.29 is 19.0 Å². The molecule has 5 nitrogen and oxygen atoms in total. The van der Waals surface area contributed by atoms with Crippen LogP contribution in [0.5, 0.6) is 11.5 Å². The van der Waals surface area contributed by atoms with Gasteiger partial charge in [-0.1, -0.05) is 48.5 Å². The van der Waals surface area contributed by atoms with Gasteiger partial charge in [-0.15, -0.1) is 0 Å². The van der Waals surface area contributed by atoms with Crippen molar-refractivity contribution in [2.75, 3.05) is 0 Å². The molecule has 0 spiro atoms. The predicted molar refractivity (Wildman–Crippen MR) is 114 cm³/mol. The van der Waals surface area contributed by atoms with Gasteiger partial charge in [0.1, 0.15) is 11.5 Å². The molecule has 0 radical (unpaired) electrons. The fourth-order valence-electron chi connectivity index (χ4n) is 3.47. The van der Waals surface area contributed by atoms with Crippen LogP contribution in [0, 0.1) is 0 Å². The molecular weight excluding hydrogens is 386 g/mol. The Morgan fingerprint density at radius 2 is 1.59 bits per heavy atom. The van der Waals surface area contributed by atoms with Gasteiger partial charge < -0.3 is 14.8 Å². The molecule has 146 valence electrons. The van der Waals surface area contributed by atoms with Crippen LogP contribution in [-0.4, -0.2) is 19.0 Å². The first-order valence-electron chi connectivity index (χ1n) is 8.98. The van der Waals surface area contributed by atoms with Crippen LogP contribution in [0.15, 0.2) is 78.9 Å². The summed E-state index contributed by atoms with van der Waals surface area (Å²) in [5, 5.41) is 22.1. The van der Waals surface area contributed by atoms with Gasteiger partial charge in [0.2, 0.25) is 0 Å². The van der Waals surface area contributed by atoms with Crippen molar-refractivity contribution in [2.24, 2.45) is 0 Å². The molecule has 0 heterocycles. The van der Waals surface area contributed by atoms with Gasteiger partial charge in [0.05, 0.1) is 0 Å². The third-order valence-electron chi connectivity index (χ3n) is 4.79. The summed E-state index contributed by atoms with van der Waals surface area (Å²) in [6.07, 6.45) is 0. The van der Waals surface area contributed by atoms with Gasteiger partial charge >= 0.3 is 0 Å². The Bertz CT molecular complexity index is 1220. The molecule has 0 aliphatic heterocycles. The zero-order chi connectivity index (χ0) is 20.4. The van der Waals surface area contributed by atoms with Crippen LogP contribution in [0.25, 0.3) is 33.0 Å². The van der Waals surface area contributed by atoms with E-state index < -0.39 is 11.3 Å². The molecule has 0 bridgehead atoms. The molecule has 0 fully saturated rings. The van der Waals surface area contributed by atoms with Crippen LogP contribution >= 0.6 is 0 Å². The van der Waals surface area contributed by atoms with E-state index in [0.29, 0.717) is 5.56 Å². The van der Waals surface area contributed by atoms with Crippen molar-refractivity contribution in [3.63, 3.8) is 0 Å². The molecule has 1 atom stereocenters. The van der Waals surface area contributed by atoms with E-state index in [1.807, 2.05) is 54.6 Å². The zero-order valence-electron chi connectivity index (χ0n) is 15.3. The number of phenols is 2. The number of phenolic OH excluding ortho intramolecular Hbond substituents is 2. The van der Waals surface area contributed by atoms with Crippen LogP contribution in [0.1, 0.15) is 5.56 Å². The molecule has 1 unspecified atom stereocenters. The highest BCUT2D eigenvalue weighted by Gasteiger charge is 2.11. The van der Waals surface area contributed by atoms with E-state index in [1.165, 1.54) is 0 Å². The van der Waals surface area contributed by atoms with E-state index >= 15 is 0 Å². The second-order valence-corrected chi connectivity index (χ2v) is 7.46. The monoisotopic (exact) mass is 404 g/mol. The first-order chi connectivity index (χ1) is 14.0. The molecule has 4 rings (SSSR count). The van der Waals surface area contributed by atoms with E-state index in [9.17, 15) is 19.0 Å². The molecule has 0 aliphatic rings. The molecule has 0 aliphatic carbocycles. The highest BCUT2D eigenvalue weighted by Crippen LogP contribution is 2.38. The van der Waals surface area contributed by atoms with Crippen molar-refractivity contribution in [3.05, 3.63) is 84.4 Å². The molecule has 29 heavy (non-hydrogen) atoms. The van der Waals surface area contributed by atoms with E-state index in [1.54, 1.807) is 24.3 Å². The third kappa shape index (κ3) is 4.14. The Morgan fingerprint density at radius 3 is 2.38 bits per heavy atom. The largest absolute Gasteiger partial charge is 0.760 e. The number of fused-ring (bicyclic) bond motifs is 1. The topological polar surface area (TPSA) is 92.6 Å². The Balaban J connectivity index is 1.80. The van der Waals surface area contributed by atoms with Crippen molar-refractivity contribution in [2.45, 2.75) is 6.54 Å². The number of benzene rings is 4. The summed E-state index contributed by atoms with van der Waals surface area (Å²) in [6, 6.07) is 23.9. The Morgan fingerprint density at radius 1 is 0.828 bits per heavy atom. The van der Waals surface area contributed by atoms with Crippen molar-refractivity contribution >= 4 is 22.0 Å². The number of nitrogens with one attached hydrogen (secondary N) is 1. The summed E-state index contributed by atoms with van der Waals surface area (Å²) in [7, 11) is 0. The van der Waals surface area contributed by atoms with Crippen molar-refractivity contribution in [3.8, 4) is 33.8 Å². The summed E-state index contributed by atoms with van der Waals surface area (Å²) in [5.41, 5.74) is 4.14. The highest BCUT2D eigenvalue weighted by atomic mass is 32.2. The maximum atomic E-state index is 10.8. The van der Waals surface area contributed by atoms with Gasteiger partial charge in [-0.2, -0.15) is 0 Å². The molecule has 3 N–H and O–H groups in total. The second kappa shape index (κ2) is 8.05. The number of aromatic hydroxyl groups is 2. The first kappa shape index (κ1) is 19.1. The van der Waals surface area contributed by atoms with Crippen LogP contribution in [0.4, 0.5) is 0 Å². The second-order valence-electron chi connectivity index (χ2n) is 6.70. The lowest BCUT2D eigenvalue weighted by molar-refractivity contribution is 0.475. The lowest BCUT2D eigenvalue weighted by Gasteiger charge is -2.13. The Hall–Kier alpha value is -3.19. The average Bonchev–Trinajstić information content (AvgIpc) is 2.72. The number of rotatable bonds is 5. The van der Waals surface area contributed by atoms with Gasteiger partial charge in [-0.25, -0.2) is 4.72 Å². The van der Waals surface area contributed by atoms with Gasteiger partial charge in [0, 0.05) is 23.4 Å². The molecule has 0 saturated heterocycles. The van der Waals surface area contributed by atoms with E-state index in [2.05, 4.69) is 4.72 Å². The fourth-order valence-corrected chi connectivity index (χ4v) is 3.75. The van der Waals surface area contributed by atoms with Gasteiger partial charge in [0.25, 0.3) is 0 Å². The van der Waals surface area contributed by atoms with Crippen molar-refractivity contribution in [1.82, 2.24) is 4.72 Å². The molecule has 6 heteroatoms. The third-order valence-corrected chi connectivity index (χ3v) is 5.17. The zero-order valence-corrected chi connectivity index (χ0v) is 16.1. The lowest BCUT2D eigenvalue weighted by atomic mass is 9.93. The minimum atomic E-state index is -2.33. The summed E-state index contributed by atoms with van der Waals surface area (Å²) in [5.74, 6) is 0.360. The van der Waals surface area contributed by atoms with Crippen LogP contribution < -0.4 is 4.72 Å². The normalized spacial score (nSPS) is 12.2. The van der Waals surface area contributed by atoms with Gasteiger partial charge in [-0.3, -0.25) is 4.21 Å². The first-order valence-corrected chi connectivity index (χ1v) is 10.1. The summed E-state index contributed by atoms with van der Waals surface area (Å²) < 4.78 is 23.9. The maximum absolute atomic E-state index is 10.8. The molecule has 0 saturated carbocycles. The van der Waals surface area contributed by atoms with Crippen LogP contribution in [0.2, 0.25) is 0 Å². The number of hydrogen-bond donors (Lipinski definition) is 3. The van der Waals surface area contributed by atoms with E-state index in [4.69, 9.17) is 0 Å². The van der Waals surface area contributed by atoms with Crippen molar-refractivity contribution in [1.29, 1.82) is 0 Å². The molecule has 4 aromatic carbocycles. The summed E-state index contributed by atoms with van der Waals surface area (Å²) in [4.78, 5) is 0. The lowest BCUT2D eigenvalue weighted by Crippen LogP contribution is -2.15. The predicted octanol–water partition coefficient (Wildman–Crippen LogP) is 4.47. The molecule has 4 aromatic rings. The highest BCUT2D eigenvalue weighted by molar-refractivity contribution is 7.77. The minimum absolute atomic E-state index is 0.153. The number of hydrogen-bond acceptors (Lipinski definition) is 4. The SMILES string of the molecule is O=S([O-])NCc1cccc(-c2c(O)ccc3cc(-c4cccc(O)c4)ccc23)c1. The van der Waals surface area contributed by atoms with E-state index in [-0.39, 0.29) is 18.0 Å². The Labute approximate surface area is 170 Å². The van der Waals surface area contributed by atoms with Crippen LogP contribution in [0.3, 0.4) is 0 Å². The van der Waals surface area contributed by atoms with Gasteiger partial charge in [-0.05, 0) is 63.4 Å². The van der Waals surface area contributed by atoms with E-state index in [0.717, 1.165) is 33.0 Å². The summed E-state index contributed by atoms with van der Waals surface area (Å²) >= 11 is -2.33. The smallest absolute Gasteiger partial charge is 0.124 e. The molecule has 0 aromatic heterocycles. The fraction of sp³-hybridized carbons (Fsp3) is 0.0435.